The zero-order chi connectivity index (χ0) is 13.3. The Balaban J connectivity index is 2.24. The largest absolute Gasteiger partial charge is 0.355 e. The van der Waals surface area contributed by atoms with Crippen molar-refractivity contribution in [1.82, 2.24) is 0 Å². The summed E-state index contributed by atoms with van der Waals surface area (Å²) in [6.07, 6.45) is 0. The third kappa shape index (κ3) is 2.25. The summed E-state index contributed by atoms with van der Waals surface area (Å²) < 4.78 is 8.80. The normalized spacial score (nSPS) is 17.8. The third-order valence-corrected chi connectivity index (χ3v) is 6.62. The van der Waals surface area contributed by atoms with Crippen molar-refractivity contribution in [3.63, 3.8) is 0 Å². The van der Waals surface area contributed by atoms with Crippen molar-refractivity contribution in [3.05, 3.63) is 79.0 Å². The molecule has 2 aromatic rings. The summed E-state index contributed by atoms with van der Waals surface area (Å²) in [5, 5.41) is 0. The molecule has 0 amide bonds. The Morgan fingerprint density at radius 3 is 1.63 bits per heavy atom. The lowest BCUT2D eigenvalue weighted by Crippen LogP contribution is -2.28. The van der Waals surface area contributed by atoms with Crippen LogP contribution in [0, 0.1) is 0 Å². The molecule has 19 heavy (non-hydrogen) atoms. The van der Waals surface area contributed by atoms with Gasteiger partial charge in [-0.25, -0.2) is 0 Å². The highest BCUT2D eigenvalue weighted by atomic mass is 127. The molecule has 1 aliphatic heterocycles. The molecule has 0 saturated heterocycles. The van der Waals surface area contributed by atoms with Crippen LogP contribution in [0.1, 0.15) is 11.1 Å². The molecule has 1 heterocycles. The molecule has 2 aromatic carbocycles. The fourth-order valence-corrected chi connectivity index (χ4v) is 3.89. The van der Waals surface area contributed by atoms with Gasteiger partial charge in [-0.15, -0.1) is 0 Å². The molecule has 3 rings (SSSR count). The Bertz CT molecular complexity index is 566. The lowest BCUT2D eigenvalue weighted by molar-refractivity contribution is 0.0558. The molecular formula is C16H12I2O. The zero-order valence-electron chi connectivity index (χ0n) is 10.1. The van der Waals surface area contributed by atoms with Crippen LogP contribution >= 0.6 is 45.2 Å². The molecule has 0 spiro atoms. The molecule has 0 N–H and O–H groups in total. The molecule has 1 aliphatic rings. The molecule has 0 bridgehead atoms. The van der Waals surface area contributed by atoms with Crippen LogP contribution in [-0.4, -0.2) is 6.61 Å². The summed E-state index contributed by atoms with van der Waals surface area (Å²) in [6.45, 7) is 0.683. The fourth-order valence-electron chi connectivity index (χ4n) is 2.42. The number of hydrogen-bond donors (Lipinski definition) is 0. The topological polar surface area (TPSA) is 9.23 Å². The average molecular weight is 474 g/mol. The van der Waals surface area contributed by atoms with Gasteiger partial charge in [0.05, 0.1) is 6.61 Å². The van der Waals surface area contributed by atoms with Gasteiger partial charge in [0.25, 0.3) is 0 Å². The Kier molecular flexibility index (Phi) is 3.96. The molecule has 1 nitrogen and oxygen atoms in total. The maximum atomic E-state index is 6.25. The summed E-state index contributed by atoms with van der Waals surface area (Å²) in [4.78, 5) is 0. The first-order valence-electron chi connectivity index (χ1n) is 6.05. The SMILES string of the molecule is IC1=C(I)C(c2ccccc2)(c2ccccc2)OC1. The predicted molar refractivity (Wildman–Crippen MR) is 94.7 cm³/mol. The standard InChI is InChI=1S/C16H12I2O/c17-14-11-19-16(15(14)18,12-7-3-1-4-8-12)13-9-5-2-6-10-13/h1-10H,11H2. The van der Waals surface area contributed by atoms with Crippen molar-refractivity contribution in [2.75, 3.05) is 6.61 Å². The highest BCUT2D eigenvalue weighted by Crippen LogP contribution is 2.50. The van der Waals surface area contributed by atoms with E-state index < -0.39 is 5.60 Å². The van der Waals surface area contributed by atoms with Crippen molar-refractivity contribution in [1.29, 1.82) is 0 Å². The van der Waals surface area contributed by atoms with Crippen molar-refractivity contribution >= 4 is 45.2 Å². The van der Waals surface area contributed by atoms with Gasteiger partial charge < -0.3 is 4.74 Å². The molecule has 0 saturated carbocycles. The van der Waals surface area contributed by atoms with Gasteiger partial charge in [0.1, 0.15) is 0 Å². The monoisotopic (exact) mass is 474 g/mol. The van der Waals surface area contributed by atoms with Crippen LogP contribution in [-0.2, 0) is 10.3 Å². The van der Waals surface area contributed by atoms with E-state index in [1.165, 1.54) is 18.3 Å². The molecule has 96 valence electrons. The molecule has 0 atom stereocenters. The smallest absolute Gasteiger partial charge is 0.150 e. The Morgan fingerprint density at radius 2 is 1.26 bits per heavy atom. The number of benzene rings is 2. The van der Waals surface area contributed by atoms with Crippen molar-refractivity contribution in [3.8, 4) is 0 Å². The Labute approximate surface area is 140 Å². The van der Waals surface area contributed by atoms with E-state index in [4.69, 9.17) is 4.74 Å². The van der Waals surface area contributed by atoms with Gasteiger partial charge in [0.15, 0.2) is 5.60 Å². The second-order valence-corrected chi connectivity index (χ2v) is 6.80. The minimum absolute atomic E-state index is 0.431. The van der Waals surface area contributed by atoms with Gasteiger partial charge in [-0.3, -0.25) is 0 Å². The third-order valence-electron chi connectivity index (χ3n) is 3.32. The van der Waals surface area contributed by atoms with Crippen LogP contribution in [0.25, 0.3) is 0 Å². The van der Waals surface area contributed by atoms with Crippen LogP contribution < -0.4 is 0 Å². The lowest BCUT2D eigenvalue weighted by atomic mass is 9.86. The number of halogens is 2. The summed E-state index contributed by atoms with van der Waals surface area (Å²) in [6, 6.07) is 20.9. The van der Waals surface area contributed by atoms with Crippen molar-refractivity contribution < 1.29 is 4.74 Å². The summed E-state index contributed by atoms with van der Waals surface area (Å²) >= 11 is 4.81. The molecular weight excluding hydrogens is 462 g/mol. The fraction of sp³-hybridized carbons (Fsp3) is 0.125. The Hall–Kier alpha value is -0.400. The van der Waals surface area contributed by atoms with E-state index in [2.05, 4.69) is 93.7 Å². The van der Waals surface area contributed by atoms with Crippen molar-refractivity contribution in [2.45, 2.75) is 5.60 Å². The van der Waals surface area contributed by atoms with Crippen LogP contribution in [0.4, 0.5) is 0 Å². The molecule has 0 aromatic heterocycles. The van der Waals surface area contributed by atoms with E-state index >= 15 is 0 Å². The van der Waals surface area contributed by atoms with Gasteiger partial charge in [-0.1, -0.05) is 60.7 Å². The van der Waals surface area contributed by atoms with Gasteiger partial charge in [-0.2, -0.15) is 0 Å². The quantitative estimate of drug-likeness (QED) is 0.555. The van der Waals surface area contributed by atoms with Crippen molar-refractivity contribution in [2.24, 2.45) is 0 Å². The second-order valence-electron chi connectivity index (χ2n) is 4.42. The summed E-state index contributed by atoms with van der Waals surface area (Å²) in [5.74, 6) is 0. The number of hydrogen-bond acceptors (Lipinski definition) is 1. The van der Waals surface area contributed by atoms with Gasteiger partial charge in [0.2, 0.25) is 0 Å². The van der Waals surface area contributed by atoms with E-state index in [0.717, 1.165) is 0 Å². The molecule has 0 radical (unpaired) electrons. The molecule has 0 unspecified atom stereocenters. The molecule has 0 fully saturated rings. The van der Waals surface area contributed by atoms with Crippen LogP contribution in [0.15, 0.2) is 67.8 Å². The van der Waals surface area contributed by atoms with Crippen LogP contribution in [0.3, 0.4) is 0 Å². The van der Waals surface area contributed by atoms with E-state index in [1.807, 2.05) is 12.1 Å². The number of rotatable bonds is 2. The van der Waals surface area contributed by atoms with E-state index in [0.29, 0.717) is 6.61 Å². The average Bonchev–Trinajstić information content (AvgIpc) is 2.78. The van der Waals surface area contributed by atoms with Crippen LogP contribution in [0.2, 0.25) is 0 Å². The first kappa shape index (κ1) is 13.6. The van der Waals surface area contributed by atoms with Gasteiger partial charge in [0, 0.05) is 7.16 Å². The molecule has 3 heteroatoms. The maximum absolute atomic E-state index is 6.25. The predicted octanol–water partition coefficient (Wildman–Crippen LogP) is 5.04. The van der Waals surface area contributed by atoms with E-state index in [9.17, 15) is 0 Å². The highest BCUT2D eigenvalue weighted by molar-refractivity contribution is 14.1. The van der Waals surface area contributed by atoms with Crippen LogP contribution in [0.5, 0.6) is 0 Å². The number of ether oxygens (including phenoxy) is 1. The van der Waals surface area contributed by atoms with E-state index in [1.54, 1.807) is 0 Å². The lowest BCUT2D eigenvalue weighted by Gasteiger charge is -2.30. The Morgan fingerprint density at radius 1 is 0.789 bits per heavy atom. The first-order chi connectivity index (χ1) is 9.25. The minimum atomic E-state index is -0.431. The maximum Gasteiger partial charge on any atom is 0.150 e. The molecule has 0 aliphatic carbocycles. The van der Waals surface area contributed by atoms with Gasteiger partial charge in [-0.05, 0) is 56.3 Å². The summed E-state index contributed by atoms with van der Waals surface area (Å²) in [5.41, 5.74) is 1.95. The first-order valence-corrected chi connectivity index (χ1v) is 8.20. The second kappa shape index (κ2) is 5.54. The highest BCUT2D eigenvalue weighted by Gasteiger charge is 2.43. The van der Waals surface area contributed by atoms with Gasteiger partial charge >= 0.3 is 0 Å². The minimum Gasteiger partial charge on any atom is -0.355 e. The summed E-state index contributed by atoms with van der Waals surface area (Å²) in [7, 11) is 0. The zero-order valence-corrected chi connectivity index (χ0v) is 14.5. The van der Waals surface area contributed by atoms with E-state index in [-0.39, 0.29) is 0 Å².